The Balaban J connectivity index is 2.44. The SMILES string of the molecule is O=C1C=C(c2ccccc2)/C(=C\Br)O1. The Bertz CT molecular complexity index is 418. The Morgan fingerprint density at radius 1 is 1.21 bits per heavy atom. The summed E-state index contributed by atoms with van der Waals surface area (Å²) < 4.78 is 4.96. The summed E-state index contributed by atoms with van der Waals surface area (Å²) in [7, 11) is 0. The highest BCUT2D eigenvalue weighted by atomic mass is 79.9. The number of carbonyl (C=O) groups is 1. The second-order valence-electron chi connectivity index (χ2n) is 2.82. The molecule has 0 N–H and O–H groups in total. The van der Waals surface area contributed by atoms with Crippen LogP contribution in [-0.2, 0) is 9.53 Å². The monoisotopic (exact) mass is 250 g/mol. The van der Waals surface area contributed by atoms with Gasteiger partial charge in [0.2, 0.25) is 0 Å². The van der Waals surface area contributed by atoms with Crippen LogP contribution in [0.5, 0.6) is 0 Å². The number of rotatable bonds is 1. The van der Waals surface area contributed by atoms with E-state index in [0.29, 0.717) is 5.76 Å². The number of esters is 1. The topological polar surface area (TPSA) is 26.3 Å². The number of ether oxygens (including phenoxy) is 1. The molecular weight excluding hydrogens is 244 g/mol. The number of halogens is 1. The van der Waals surface area contributed by atoms with E-state index in [-0.39, 0.29) is 5.97 Å². The fourth-order valence-electron chi connectivity index (χ4n) is 1.31. The van der Waals surface area contributed by atoms with Crippen molar-refractivity contribution in [3.05, 3.63) is 52.7 Å². The Morgan fingerprint density at radius 3 is 2.57 bits per heavy atom. The third-order valence-corrected chi connectivity index (χ3v) is 2.34. The quantitative estimate of drug-likeness (QED) is 0.717. The van der Waals surface area contributed by atoms with E-state index >= 15 is 0 Å². The zero-order valence-electron chi connectivity index (χ0n) is 7.24. The van der Waals surface area contributed by atoms with Gasteiger partial charge in [0.05, 0.1) is 0 Å². The van der Waals surface area contributed by atoms with Crippen LogP contribution in [0.1, 0.15) is 5.56 Å². The van der Waals surface area contributed by atoms with Gasteiger partial charge in [-0.2, -0.15) is 0 Å². The minimum Gasteiger partial charge on any atom is -0.422 e. The summed E-state index contributed by atoms with van der Waals surface area (Å²) in [5.74, 6) is 0.232. The van der Waals surface area contributed by atoms with Crippen molar-refractivity contribution in [3.63, 3.8) is 0 Å². The molecule has 2 nitrogen and oxygen atoms in total. The molecule has 70 valence electrons. The van der Waals surface area contributed by atoms with Crippen molar-refractivity contribution in [2.45, 2.75) is 0 Å². The average Bonchev–Trinajstić information content (AvgIpc) is 2.61. The van der Waals surface area contributed by atoms with Gasteiger partial charge < -0.3 is 4.74 Å². The third kappa shape index (κ3) is 1.63. The van der Waals surface area contributed by atoms with Crippen LogP contribution in [0.2, 0.25) is 0 Å². The number of hydrogen-bond acceptors (Lipinski definition) is 2. The van der Waals surface area contributed by atoms with Crippen LogP contribution >= 0.6 is 15.9 Å². The molecule has 0 spiro atoms. The van der Waals surface area contributed by atoms with E-state index in [1.807, 2.05) is 30.3 Å². The fourth-order valence-corrected chi connectivity index (χ4v) is 1.65. The lowest BCUT2D eigenvalue weighted by molar-refractivity contribution is -0.132. The maximum Gasteiger partial charge on any atom is 0.336 e. The van der Waals surface area contributed by atoms with Crippen molar-refractivity contribution in [1.29, 1.82) is 0 Å². The van der Waals surface area contributed by atoms with Crippen LogP contribution < -0.4 is 0 Å². The Labute approximate surface area is 90.0 Å². The van der Waals surface area contributed by atoms with Crippen molar-refractivity contribution in [2.24, 2.45) is 0 Å². The molecule has 0 atom stereocenters. The van der Waals surface area contributed by atoms with Gasteiger partial charge in [-0.15, -0.1) is 0 Å². The van der Waals surface area contributed by atoms with Gasteiger partial charge in [-0.3, -0.25) is 0 Å². The van der Waals surface area contributed by atoms with Gasteiger partial charge in [0.1, 0.15) is 5.76 Å². The maximum absolute atomic E-state index is 11.0. The van der Waals surface area contributed by atoms with Crippen molar-refractivity contribution in [3.8, 4) is 0 Å². The number of allylic oxidation sites excluding steroid dienone is 1. The molecule has 2 rings (SSSR count). The van der Waals surface area contributed by atoms with E-state index in [4.69, 9.17) is 4.74 Å². The average molecular weight is 251 g/mol. The van der Waals surface area contributed by atoms with E-state index in [0.717, 1.165) is 11.1 Å². The minimum absolute atomic E-state index is 0.324. The lowest BCUT2D eigenvalue weighted by Crippen LogP contribution is -1.89. The van der Waals surface area contributed by atoms with E-state index in [1.54, 1.807) is 4.99 Å². The molecular formula is C11H7BrO2. The molecule has 3 heteroatoms. The second-order valence-corrected chi connectivity index (χ2v) is 3.28. The first-order valence-corrected chi connectivity index (χ1v) is 5.02. The summed E-state index contributed by atoms with van der Waals surface area (Å²) in [5, 5.41) is 0. The van der Waals surface area contributed by atoms with Crippen molar-refractivity contribution in [1.82, 2.24) is 0 Å². The van der Waals surface area contributed by atoms with Crippen LogP contribution in [0.25, 0.3) is 5.57 Å². The van der Waals surface area contributed by atoms with Gasteiger partial charge in [-0.25, -0.2) is 4.79 Å². The largest absolute Gasteiger partial charge is 0.422 e. The molecule has 1 aromatic rings. The smallest absolute Gasteiger partial charge is 0.336 e. The Kier molecular flexibility index (Phi) is 2.50. The minimum atomic E-state index is -0.324. The number of hydrogen-bond donors (Lipinski definition) is 0. The lowest BCUT2D eigenvalue weighted by Gasteiger charge is -2.02. The molecule has 14 heavy (non-hydrogen) atoms. The van der Waals surface area contributed by atoms with Crippen molar-refractivity contribution >= 4 is 27.5 Å². The molecule has 1 aromatic carbocycles. The molecule has 0 aliphatic carbocycles. The van der Waals surface area contributed by atoms with Crippen molar-refractivity contribution < 1.29 is 9.53 Å². The molecule has 0 aromatic heterocycles. The summed E-state index contributed by atoms with van der Waals surface area (Å²) in [5.41, 5.74) is 1.79. The first kappa shape index (κ1) is 9.21. The summed E-state index contributed by atoms with van der Waals surface area (Å²) in [4.78, 5) is 12.6. The van der Waals surface area contributed by atoms with Gasteiger partial charge in [0.15, 0.2) is 0 Å². The van der Waals surface area contributed by atoms with Crippen LogP contribution in [-0.4, -0.2) is 5.97 Å². The summed E-state index contributed by atoms with van der Waals surface area (Å²) in [6, 6.07) is 9.64. The van der Waals surface area contributed by atoms with Crippen LogP contribution in [0.15, 0.2) is 47.2 Å². The highest BCUT2D eigenvalue weighted by Gasteiger charge is 2.20. The third-order valence-electron chi connectivity index (χ3n) is 1.92. The van der Waals surface area contributed by atoms with Gasteiger partial charge >= 0.3 is 5.97 Å². The van der Waals surface area contributed by atoms with Crippen LogP contribution in [0, 0.1) is 0 Å². The lowest BCUT2D eigenvalue weighted by atomic mass is 10.1. The van der Waals surface area contributed by atoms with Gasteiger partial charge in [-0.1, -0.05) is 46.3 Å². The fraction of sp³-hybridized carbons (Fsp3) is 0. The molecule has 0 unspecified atom stereocenters. The molecule has 1 heterocycles. The van der Waals surface area contributed by atoms with Crippen molar-refractivity contribution in [2.75, 3.05) is 0 Å². The van der Waals surface area contributed by atoms with E-state index in [2.05, 4.69) is 15.9 Å². The predicted octanol–water partition coefficient (Wildman–Crippen LogP) is 2.86. The highest BCUT2D eigenvalue weighted by molar-refractivity contribution is 9.11. The van der Waals surface area contributed by atoms with Crippen LogP contribution in [0.3, 0.4) is 0 Å². The predicted molar refractivity (Wildman–Crippen MR) is 57.5 cm³/mol. The highest BCUT2D eigenvalue weighted by Crippen LogP contribution is 2.29. The summed E-state index contributed by atoms with van der Waals surface area (Å²) in [6.07, 6.45) is 1.49. The molecule has 1 aliphatic rings. The van der Waals surface area contributed by atoms with E-state index in [9.17, 15) is 4.79 Å². The normalized spacial score (nSPS) is 18.2. The molecule has 0 saturated carbocycles. The first-order valence-electron chi connectivity index (χ1n) is 4.11. The van der Waals surface area contributed by atoms with Gasteiger partial charge in [0, 0.05) is 16.6 Å². The Morgan fingerprint density at radius 2 is 1.93 bits per heavy atom. The van der Waals surface area contributed by atoms with E-state index < -0.39 is 0 Å². The number of carbonyl (C=O) groups excluding carboxylic acids is 1. The number of cyclic esters (lactones) is 1. The maximum atomic E-state index is 11.0. The second kappa shape index (κ2) is 3.80. The zero-order valence-corrected chi connectivity index (χ0v) is 8.82. The van der Waals surface area contributed by atoms with Gasteiger partial charge in [-0.05, 0) is 5.56 Å². The molecule has 0 amide bonds. The molecule has 0 fully saturated rings. The van der Waals surface area contributed by atoms with Crippen LogP contribution in [0.4, 0.5) is 0 Å². The first-order chi connectivity index (χ1) is 6.81. The molecule has 1 aliphatic heterocycles. The molecule has 0 radical (unpaired) electrons. The summed E-state index contributed by atoms with van der Waals surface area (Å²) >= 11 is 3.16. The number of benzene rings is 1. The van der Waals surface area contributed by atoms with E-state index in [1.165, 1.54) is 6.08 Å². The standard InChI is InChI=1S/C11H7BrO2/c12-7-10-9(6-11(13)14-10)8-4-2-1-3-5-8/h1-7H/b10-7+. The zero-order chi connectivity index (χ0) is 9.97. The van der Waals surface area contributed by atoms with Gasteiger partial charge in [0.25, 0.3) is 0 Å². The molecule has 0 bridgehead atoms. The Hall–Kier alpha value is -1.35. The molecule has 0 saturated heterocycles. The summed E-state index contributed by atoms with van der Waals surface area (Å²) in [6.45, 7) is 0.